The second kappa shape index (κ2) is 5.03. The van der Waals surface area contributed by atoms with Crippen molar-refractivity contribution in [3.05, 3.63) is 54.3 Å². The van der Waals surface area contributed by atoms with Gasteiger partial charge in [0, 0.05) is 20.2 Å². The molecule has 0 spiro atoms. The maximum atomic E-state index is 2.42. The molecule has 5 aromatic rings. The summed E-state index contributed by atoms with van der Waals surface area (Å²) in [6.07, 6.45) is 0. The molecule has 5 rings (SSSR count). The van der Waals surface area contributed by atoms with Crippen LogP contribution in [0.5, 0.6) is 0 Å². The van der Waals surface area contributed by atoms with Gasteiger partial charge in [0.2, 0.25) is 0 Å². The largest absolute Gasteiger partial charge is 0.129 e. The lowest BCUT2D eigenvalue weighted by Crippen LogP contribution is -1.77. The highest BCUT2D eigenvalue weighted by Crippen LogP contribution is 2.39. The lowest BCUT2D eigenvalue weighted by atomic mass is 10.0. The standard InChI is InChI=1S/C18H8I2S2/c19-15-7-11-3-1-9-5-14-10(6-13(9)17(11)21-15)2-4-12-8-16(20)22-18(12)14/h1-8H. The second-order valence-electron chi connectivity index (χ2n) is 5.36. The summed E-state index contributed by atoms with van der Waals surface area (Å²) in [5.74, 6) is 0. The highest BCUT2D eigenvalue weighted by molar-refractivity contribution is 14.1. The fraction of sp³-hybridized carbons (Fsp3) is 0. The molecule has 0 saturated carbocycles. The number of rotatable bonds is 0. The molecule has 0 nitrogen and oxygen atoms in total. The Morgan fingerprint density at radius 2 is 0.955 bits per heavy atom. The molecule has 3 aromatic carbocycles. The Bertz CT molecular complexity index is 1100. The summed E-state index contributed by atoms with van der Waals surface area (Å²) < 4.78 is 5.52. The van der Waals surface area contributed by atoms with E-state index in [1.165, 1.54) is 47.5 Å². The van der Waals surface area contributed by atoms with Crippen molar-refractivity contribution in [2.45, 2.75) is 0 Å². The van der Waals surface area contributed by atoms with E-state index in [-0.39, 0.29) is 0 Å². The van der Waals surface area contributed by atoms with Gasteiger partial charge in [-0.25, -0.2) is 0 Å². The van der Waals surface area contributed by atoms with Crippen LogP contribution in [0.2, 0.25) is 0 Å². The van der Waals surface area contributed by atoms with E-state index in [0.29, 0.717) is 0 Å². The zero-order valence-corrected chi connectivity index (χ0v) is 17.1. The number of halogens is 2. The van der Waals surface area contributed by atoms with E-state index in [9.17, 15) is 0 Å². The molecule has 0 N–H and O–H groups in total. The van der Waals surface area contributed by atoms with Gasteiger partial charge in [0.15, 0.2) is 0 Å². The Kier molecular flexibility index (Phi) is 3.19. The van der Waals surface area contributed by atoms with Gasteiger partial charge in [0.25, 0.3) is 0 Å². The molecule has 0 aliphatic heterocycles. The number of benzene rings is 3. The molecule has 0 saturated heterocycles. The lowest BCUT2D eigenvalue weighted by Gasteiger charge is -2.05. The van der Waals surface area contributed by atoms with Crippen molar-refractivity contribution in [3.63, 3.8) is 0 Å². The number of hydrogen-bond donors (Lipinski definition) is 0. The molecule has 0 aliphatic carbocycles. The molecule has 22 heavy (non-hydrogen) atoms. The predicted molar refractivity (Wildman–Crippen MR) is 118 cm³/mol. The highest BCUT2D eigenvalue weighted by Gasteiger charge is 2.09. The van der Waals surface area contributed by atoms with Crippen LogP contribution >= 0.6 is 67.9 Å². The Balaban J connectivity index is 2.00. The normalized spacial score (nSPS) is 12.1. The van der Waals surface area contributed by atoms with Crippen molar-refractivity contribution < 1.29 is 0 Å². The molecule has 4 heteroatoms. The molecule has 106 valence electrons. The minimum Gasteiger partial charge on any atom is -0.129 e. The first kappa shape index (κ1) is 13.9. The van der Waals surface area contributed by atoms with Gasteiger partial charge in [-0.15, -0.1) is 22.7 Å². The van der Waals surface area contributed by atoms with Gasteiger partial charge in [-0.2, -0.15) is 0 Å². The van der Waals surface area contributed by atoms with Gasteiger partial charge in [0.1, 0.15) is 0 Å². The smallest absolute Gasteiger partial charge is 0.0666 e. The molecular formula is C18H8I2S2. The Hall–Kier alpha value is -0.440. The van der Waals surface area contributed by atoms with E-state index in [1.54, 1.807) is 0 Å². The third-order valence-electron chi connectivity index (χ3n) is 4.06. The fourth-order valence-corrected chi connectivity index (χ4v) is 6.89. The van der Waals surface area contributed by atoms with Crippen molar-refractivity contribution in [1.29, 1.82) is 0 Å². The third kappa shape index (κ3) is 2.03. The maximum Gasteiger partial charge on any atom is 0.0666 e. The average molecular weight is 542 g/mol. The first-order valence-electron chi connectivity index (χ1n) is 6.83. The Labute approximate surface area is 162 Å². The molecule has 0 bridgehead atoms. The molecule has 0 fully saturated rings. The topological polar surface area (TPSA) is 0 Å². The summed E-state index contributed by atoms with van der Waals surface area (Å²) in [6.45, 7) is 0. The van der Waals surface area contributed by atoms with Gasteiger partial charge >= 0.3 is 0 Å². The minimum atomic E-state index is 1.34. The monoisotopic (exact) mass is 542 g/mol. The first-order chi connectivity index (χ1) is 10.7. The van der Waals surface area contributed by atoms with Crippen LogP contribution in [0.25, 0.3) is 41.7 Å². The summed E-state index contributed by atoms with van der Waals surface area (Å²) >= 11 is 8.61. The molecule has 2 heterocycles. The lowest BCUT2D eigenvalue weighted by molar-refractivity contribution is 1.88. The predicted octanol–water partition coefficient (Wildman–Crippen LogP) is 7.63. The molecule has 0 atom stereocenters. The average Bonchev–Trinajstić information content (AvgIpc) is 3.06. The van der Waals surface area contributed by atoms with Gasteiger partial charge in [0.05, 0.1) is 5.77 Å². The highest BCUT2D eigenvalue weighted by atomic mass is 127. The quantitative estimate of drug-likeness (QED) is 0.140. The van der Waals surface area contributed by atoms with Crippen LogP contribution in [0.3, 0.4) is 0 Å². The van der Waals surface area contributed by atoms with Crippen molar-refractivity contribution in [2.75, 3.05) is 0 Å². The molecule has 0 aliphatic rings. The SMILES string of the molecule is Ic1cc2ccc3cc4c(ccc5cc(I)sc54)cc3c2s1. The fourth-order valence-electron chi connectivity index (χ4n) is 3.08. The van der Waals surface area contributed by atoms with E-state index in [2.05, 4.69) is 93.7 Å². The first-order valence-corrected chi connectivity index (χ1v) is 10.6. The summed E-state index contributed by atoms with van der Waals surface area (Å²) in [6, 6.07) is 18.3. The number of fused-ring (bicyclic) bond motifs is 6. The zero-order chi connectivity index (χ0) is 14.8. The molecule has 0 radical (unpaired) electrons. The molecule has 2 aromatic heterocycles. The van der Waals surface area contributed by atoms with Crippen molar-refractivity contribution in [2.24, 2.45) is 0 Å². The van der Waals surface area contributed by atoms with E-state index in [4.69, 9.17) is 0 Å². The Morgan fingerprint density at radius 1 is 0.545 bits per heavy atom. The van der Waals surface area contributed by atoms with E-state index >= 15 is 0 Å². The van der Waals surface area contributed by atoms with Crippen LogP contribution in [0, 0.1) is 5.77 Å². The summed E-state index contributed by atoms with van der Waals surface area (Å²) in [4.78, 5) is 0. The number of hydrogen-bond acceptors (Lipinski definition) is 2. The van der Waals surface area contributed by atoms with Crippen LogP contribution in [0.4, 0.5) is 0 Å². The molecular weight excluding hydrogens is 534 g/mol. The minimum absolute atomic E-state index is 1.34. The third-order valence-corrected chi connectivity index (χ3v) is 7.95. The molecule has 0 unspecified atom stereocenters. The number of thiophene rings is 2. The van der Waals surface area contributed by atoms with Crippen LogP contribution in [-0.4, -0.2) is 0 Å². The van der Waals surface area contributed by atoms with Gasteiger partial charge < -0.3 is 0 Å². The second-order valence-corrected chi connectivity index (χ2v) is 11.3. The van der Waals surface area contributed by atoms with Gasteiger partial charge in [-0.05, 0) is 91.0 Å². The van der Waals surface area contributed by atoms with E-state index < -0.39 is 0 Å². The van der Waals surface area contributed by atoms with Crippen LogP contribution in [0.1, 0.15) is 0 Å². The molecule has 0 amide bonds. The van der Waals surface area contributed by atoms with Gasteiger partial charge in [-0.1, -0.05) is 24.3 Å². The zero-order valence-electron chi connectivity index (χ0n) is 11.2. The van der Waals surface area contributed by atoms with Crippen molar-refractivity contribution in [1.82, 2.24) is 0 Å². The van der Waals surface area contributed by atoms with Crippen LogP contribution < -0.4 is 0 Å². The van der Waals surface area contributed by atoms with Crippen molar-refractivity contribution in [3.8, 4) is 0 Å². The summed E-state index contributed by atoms with van der Waals surface area (Å²) in [5.41, 5.74) is 0. The van der Waals surface area contributed by atoms with E-state index in [0.717, 1.165) is 0 Å². The van der Waals surface area contributed by atoms with Gasteiger partial charge in [-0.3, -0.25) is 0 Å². The Morgan fingerprint density at radius 3 is 1.41 bits per heavy atom. The van der Waals surface area contributed by atoms with E-state index in [1.807, 2.05) is 22.7 Å². The van der Waals surface area contributed by atoms with Crippen LogP contribution in [0.15, 0.2) is 48.5 Å². The maximum absolute atomic E-state index is 2.42. The summed E-state index contributed by atoms with van der Waals surface area (Å²) in [7, 11) is 0. The van der Waals surface area contributed by atoms with Crippen molar-refractivity contribution >= 4 is 110 Å². The summed E-state index contributed by atoms with van der Waals surface area (Å²) in [5, 5.41) is 8.15. The van der Waals surface area contributed by atoms with Crippen LogP contribution in [-0.2, 0) is 0 Å².